The normalized spacial score (nSPS) is 16.0. The van der Waals surface area contributed by atoms with Crippen LogP contribution in [0.2, 0.25) is 0 Å². The summed E-state index contributed by atoms with van der Waals surface area (Å²) in [6, 6.07) is 7.45. The topological polar surface area (TPSA) is 73.8 Å². The van der Waals surface area contributed by atoms with Gasteiger partial charge in [-0.3, -0.25) is 4.99 Å². The van der Waals surface area contributed by atoms with Gasteiger partial charge in [0.1, 0.15) is 0 Å². The van der Waals surface area contributed by atoms with Gasteiger partial charge in [0.25, 0.3) is 0 Å². The summed E-state index contributed by atoms with van der Waals surface area (Å²) in [6.07, 6.45) is 4.93. The molecule has 0 saturated heterocycles. The molecule has 2 N–H and O–H groups in total. The Bertz CT molecular complexity index is 684. The summed E-state index contributed by atoms with van der Waals surface area (Å²) in [7, 11) is -0.0589. The quantitative estimate of drug-likeness (QED) is 0.363. The summed E-state index contributed by atoms with van der Waals surface area (Å²) in [6.45, 7) is 4.32. The largest absolute Gasteiger partial charge is 0.354 e. The molecule has 0 unspecified atom stereocenters. The molecule has 0 atom stereocenters. The molecule has 1 aliphatic rings. The van der Waals surface area contributed by atoms with Gasteiger partial charge in [-0.1, -0.05) is 25.0 Å². The molecule has 0 spiro atoms. The lowest BCUT2D eigenvalue weighted by atomic mass is 10.2. The van der Waals surface area contributed by atoms with Crippen LogP contribution in [-0.4, -0.2) is 44.9 Å². The van der Waals surface area contributed by atoms with Crippen molar-refractivity contribution < 1.29 is 8.42 Å². The molecule has 1 aliphatic carbocycles. The maximum atomic E-state index is 12.5. The lowest BCUT2D eigenvalue weighted by Gasteiger charge is -2.21. The van der Waals surface area contributed by atoms with Crippen LogP contribution in [0.15, 0.2) is 34.2 Å². The van der Waals surface area contributed by atoms with Crippen LogP contribution < -0.4 is 10.6 Å². The molecule has 1 saturated carbocycles. The van der Waals surface area contributed by atoms with Crippen LogP contribution >= 0.6 is 24.0 Å². The lowest BCUT2D eigenvalue weighted by Crippen LogP contribution is -2.41. The Morgan fingerprint density at radius 3 is 2.31 bits per heavy atom. The first kappa shape index (κ1) is 23.2. The van der Waals surface area contributed by atoms with Crippen molar-refractivity contribution in [2.45, 2.75) is 63.1 Å². The molecule has 0 heterocycles. The average Bonchev–Trinajstić information content (AvgIpc) is 3.11. The summed E-state index contributed by atoms with van der Waals surface area (Å²) in [5.74, 6) is 0.795. The predicted molar refractivity (Wildman–Crippen MR) is 118 cm³/mol. The van der Waals surface area contributed by atoms with E-state index in [1.165, 1.54) is 30.0 Å². The summed E-state index contributed by atoms with van der Waals surface area (Å²) in [5.41, 5.74) is 1.01. The summed E-state index contributed by atoms with van der Waals surface area (Å²) in [5, 5.41) is 6.73. The zero-order chi connectivity index (χ0) is 18.4. The van der Waals surface area contributed by atoms with E-state index in [1.54, 1.807) is 26.2 Å². The molecule has 26 heavy (non-hydrogen) atoms. The highest BCUT2D eigenvalue weighted by Crippen LogP contribution is 2.18. The van der Waals surface area contributed by atoms with Gasteiger partial charge in [-0.15, -0.1) is 24.0 Å². The van der Waals surface area contributed by atoms with Gasteiger partial charge in [0.2, 0.25) is 10.0 Å². The van der Waals surface area contributed by atoms with Gasteiger partial charge in [-0.05, 0) is 44.4 Å². The number of sulfonamides is 1. The standard InChI is InChI=1S/C18H30N4O2S.HI/c1-14(2)22(4)25(23,24)17-11-9-15(10-12-17)13-20-18(19-3)21-16-7-5-6-8-16;/h9-12,14,16H,5-8,13H2,1-4H3,(H2,19,20,21);1H. The average molecular weight is 494 g/mol. The second-order valence-corrected chi connectivity index (χ2v) is 8.81. The van der Waals surface area contributed by atoms with Gasteiger partial charge in [-0.2, -0.15) is 4.31 Å². The number of rotatable bonds is 6. The van der Waals surface area contributed by atoms with E-state index in [1.807, 2.05) is 26.0 Å². The minimum Gasteiger partial charge on any atom is -0.354 e. The number of benzene rings is 1. The van der Waals surface area contributed by atoms with Crippen molar-refractivity contribution in [2.24, 2.45) is 4.99 Å². The molecule has 2 rings (SSSR count). The third-order valence-corrected chi connectivity index (χ3v) is 6.75. The van der Waals surface area contributed by atoms with Crippen molar-refractivity contribution in [3.8, 4) is 0 Å². The highest BCUT2D eigenvalue weighted by molar-refractivity contribution is 14.0. The number of hydrogen-bond acceptors (Lipinski definition) is 3. The molecular formula is C18H31IN4O2S. The van der Waals surface area contributed by atoms with Gasteiger partial charge >= 0.3 is 0 Å². The Morgan fingerprint density at radius 1 is 1.23 bits per heavy atom. The molecule has 8 heteroatoms. The molecule has 0 radical (unpaired) electrons. The second-order valence-electron chi connectivity index (χ2n) is 6.81. The van der Waals surface area contributed by atoms with E-state index < -0.39 is 10.0 Å². The van der Waals surface area contributed by atoms with Gasteiger partial charge in [0.05, 0.1) is 4.90 Å². The van der Waals surface area contributed by atoms with Crippen LogP contribution in [0.1, 0.15) is 45.1 Å². The summed E-state index contributed by atoms with van der Waals surface area (Å²) >= 11 is 0. The van der Waals surface area contributed by atoms with E-state index in [-0.39, 0.29) is 30.0 Å². The van der Waals surface area contributed by atoms with E-state index in [2.05, 4.69) is 15.6 Å². The van der Waals surface area contributed by atoms with Crippen molar-refractivity contribution in [3.63, 3.8) is 0 Å². The van der Waals surface area contributed by atoms with Crippen molar-refractivity contribution in [3.05, 3.63) is 29.8 Å². The fourth-order valence-electron chi connectivity index (χ4n) is 2.87. The summed E-state index contributed by atoms with van der Waals surface area (Å²) in [4.78, 5) is 4.58. The zero-order valence-electron chi connectivity index (χ0n) is 16.0. The number of halogens is 1. The lowest BCUT2D eigenvalue weighted by molar-refractivity contribution is 0.410. The molecular weight excluding hydrogens is 463 g/mol. The Morgan fingerprint density at radius 2 is 1.81 bits per heavy atom. The van der Waals surface area contributed by atoms with E-state index in [0.29, 0.717) is 17.5 Å². The smallest absolute Gasteiger partial charge is 0.243 e. The highest BCUT2D eigenvalue weighted by atomic mass is 127. The summed E-state index contributed by atoms with van der Waals surface area (Å²) < 4.78 is 26.3. The van der Waals surface area contributed by atoms with Crippen molar-refractivity contribution in [1.29, 1.82) is 0 Å². The van der Waals surface area contributed by atoms with Gasteiger partial charge in [0, 0.05) is 32.7 Å². The number of nitrogens with zero attached hydrogens (tertiary/aromatic N) is 2. The highest BCUT2D eigenvalue weighted by Gasteiger charge is 2.22. The number of hydrogen-bond donors (Lipinski definition) is 2. The van der Waals surface area contributed by atoms with E-state index in [4.69, 9.17) is 0 Å². The fraction of sp³-hybridized carbons (Fsp3) is 0.611. The van der Waals surface area contributed by atoms with Crippen LogP contribution in [0.3, 0.4) is 0 Å². The second kappa shape index (κ2) is 10.5. The van der Waals surface area contributed by atoms with E-state index >= 15 is 0 Å². The molecule has 0 aliphatic heterocycles. The van der Waals surface area contributed by atoms with Crippen molar-refractivity contribution >= 4 is 40.0 Å². The van der Waals surface area contributed by atoms with Crippen LogP contribution in [0.25, 0.3) is 0 Å². The number of nitrogens with one attached hydrogen (secondary N) is 2. The molecule has 1 aromatic rings. The fourth-order valence-corrected chi connectivity index (χ4v) is 4.23. The van der Waals surface area contributed by atoms with Crippen molar-refractivity contribution in [1.82, 2.24) is 14.9 Å². The molecule has 0 aromatic heterocycles. The number of guanidine groups is 1. The first-order valence-corrected chi connectivity index (χ1v) is 10.3. The zero-order valence-corrected chi connectivity index (χ0v) is 19.2. The Labute approximate surface area is 174 Å². The monoisotopic (exact) mass is 494 g/mol. The van der Waals surface area contributed by atoms with Crippen molar-refractivity contribution in [2.75, 3.05) is 14.1 Å². The van der Waals surface area contributed by atoms with Crippen LogP contribution in [0, 0.1) is 0 Å². The first-order valence-electron chi connectivity index (χ1n) is 8.88. The maximum absolute atomic E-state index is 12.5. The maximum Gasteiger partial charge on any atom is 0.243 e. The Hall–Kier alpha value is -0.870. The first-order chi connectivity index (χ1) is 11.8. The Balaban J connectivity index is 0.00000338. The number of aliphatic imine (C=N–C) groups is 1. The van der Waals surface area contributed by atoms with Gasteiger partial charge in [0.15, 0.2) is 5.96 Å². The third-order valence-electron chi connectivity index (χ3n) is 4.71. The molecule has 1 aromatic carbocycles. The minimum absolute atomic E-state index is 0. The van der Waals surface area contributed by atoms with Gasteiger partial charge < -0.3 is 10.6 Å². The SMILES string of the molecule is CN=C(NCc1ccc(S(=O)(=O)N(C)C(C)C)cc1)NC1CCCC1.I. The van der Waals surface area contributed by atoms with E-state index in [9.17, 15) is 8.42 Å². The molecule has 0 bridgehead atoms. The van der Waals surface area contributed by atoms with E-state index in [0.717, 1.165) is 11.5 Å². The predicted octanol–water partition coefficient (Wildman–Crippen LogP) is 2.94. The van der Waals surface area contributed by atoms with Crippen LogP contribution in [-0.2, 0) is 16.6 Å². The third kappa shape index (κ3) is 6.09. The molecule has 148 valence electrons. The Kier molecular flexibility index (Phi) is 9.32. The van der Waals surface area contributed by atoms with Crippen LogP contribution in [0.5, 0.6) is 0 Å². The molecule has 1 fully saturated rings. The van der Waals surface area contributed by atoms with Gasteiger partial charge in [-0.25, -0.2) is 8.42 Å². The minimum atomic E-state index is -3.43. The molecule has 0 amide bonds. The molecule has 6 nitrogen and oxygen atoms in total. The van der Waals surface area contributed by atoms with Crippen LogP contribution in [0.4, 0.5) is 0 Å².